The molecule has 0 aliphatic carbocycles. The number of nitrogens with one attached hydrogen (secondary N) is 2. The monoisotopic (exact) mass is 329 g/mol. The number of aromatic nitrogens is 4. The first kappa shape index (κ1) is 15.3. The first-order valence-corrected chi connectivity index (χ1v) is 7.50. The van der Waals surface area contributed by atoms with Crippen molar-refractivity contribution in [3.8, 4) is 5.69 Å². The highest BCUT2D eigenvalue weighted by Gasteiger charge is 2.22. The summed E-state index contributed by atoms with van der Waals surface area (Å²) >= 11 is 6.39. The number of aromatic amines is 1. The summed E-state index contributed by atoms with van der Waals surface area (Å²) in [5, 5.41) is 14.4. The molecule has 118 valence electrons. The van der Waals surface area contributed by atoms with E-state index in [1.165, 1.54) is 0 Å². The van der Waals surface area contributed by atoms with Gasteiger partial charge in [-0.1, -0.05) is 29.8 Å². The van der Waals surface area contributed by atoms with Crippen LogP contribution in [0.15, 0.2) is 30.3 Å². The summed E-state index contributed by atoms with van der Waals surface area (Å²) < 4.78 is 1.56. The number of amides is 1. The molecule has 0 aliphatic rings. The number of carbonyl (C=O) groups is 1. The molecule has 0 radical (unpaired) electrons. The van der Waals surface area contributed by atoms with Crippen LogP contribution >= 0.6 is 11.6 Å². The van der Waals surface area contributed by atoms with Crippen molar-refractivity contribution in [2.75, 3.05) is 5.32 Å². The number of benzene rings is 1. The Morgan fingerprint density at radius 2 is 1.87 bits per heavy atom. The van der Waals surface area contributed by atoms with Crippen molar-refractivity contribution >= 4 is 23.2 Å². The summed E-state index contributed by atoms with van der Waals surface area (Å²) in [4.78, 5) is 12.6. The zero-order valence-corrected chi connectivity index (χ0v) is 13.8. The maximum absolute atomic E-state index is 12.6. The number of aryl methyl sites for hydroxylation is 3. The van der Waals surface area contributed by atoms with Gasteiger partial charge in [0.15, 0.2) is 0 Å². The van der Waals surface area contributed by atoms with E-state index in [2.05, 4.69) is 20.6 Å². The third-order valence-electron chi connectivity index (χ3n) is 3.60. The molecule has 0 saturated carbocycles. The Balaban J connectivity index is 1.98. The Morgan fingerprint density at radius 3 is 2.48 bits per heavy atom. The van der Waals surface area contributed by atoms with Crippen LogP contribution < -0.4 is 5.32 Å². The number of H-pyrrole nitrogens is 1. The van der Waals surface area contributed by atoms with Gasteiger partial charge in [0.25, 0.3) is 5.91 Å². The van der Waals surface area contributed by atoms with E-state index in [9.17, 15) is 4.79 Å². The number of anilines is 1. The van der Waals surface area contributed by atoms with Crippen molar-refractivity contribution in [3.63, 3.8) is 0 Å². The number of rotatable bonds is 3. The topological polar surface area (TPSA) is 75.6 Å². The minimum atomic E-state index is -0.303. The molecule has 1 aromatic carbocycles. The van der Waals surface area contributed by atoms with Crippen LogP contribution in [0, 0.1) is 20.8 Å². The lowest BCUT2D eigenvalue weighted by molar-refractivity contribution is 0.102. The van der Waals surface area contributed by atoms with Gasteiger partial charge in [0.1, 0.15) is 10.7 Å². The first-order chi connectivity index (χ1) is 11.0. The molecule has 2 heterocycles. The summed E-state index contributed by atoms with van der Waals surface area (Å²) in [6, 6.07) is 9.45. The van der Waals surface area contributed by atoms with Crippen LogP contribution in [0.25, 0.3) is 5.69 Å². The van der Waals surface area contributed by atoms with Gasteiger partial charge in [-0.05, 0) is 32.9 Å². The van der Waals surface area contributed by atoms with Crippen LogP contribution in [0.2, 0.25) is 5.15 Å². The van der Waals surface area contributed by atoms with Crippen molar-refractivity contribution in [1.82, 2.24) is 20.0 Å². The summed E-state index contributed by atoms with van der Waals surface area (Å²) in [5.41, 5.74) is 3.90. The minimum Gasteiger partial charge on any atom is -0.319 e. The standard InChI is InChI=1S/C16H16ClN5O/c1-9-13(16(23)18-14-10(2)19-20-11(14)3)15(17)22(21-9)12-7-5-4-6-8-12/h4-8H,1-3H3,(H,18,23)(H,19,20). The molecule has 23 heavy (non-hydrogen) atoms. The SMILES string of the molecule is Cc1n[nH]c(C)c1NC(=O)c1c(C)nn(-c2ccccc2)c1Cl. The molecule has 6 nitrogen and oxygen atoms in total. The van der Waals surface area contributed by atoms with Gasteiger partial charge in [-0.15, -0.1) is 0 Å². The largest absolute Gasteiger partial charge is 0.319 e. The number of nitrogens with zero attached hydrogens (tertiary/aromatic N) is 3. The molecule has 0 fully saturated rings. The fraction of sp³-hybridized carbons (Fsp3) is 0.188. The van der Waals surface area contributed by atoms with Crippen LogP contribution in [-0.4, -0.2) is 25.9 Å². The Bertz CT molecular complexity index is 847. The van der Waals surface area contributed by atoms with E-state index in [1.54, 1.807) is 11.6 Å². The molecule has 1 amide bonds. The van der Waals surface area contributed by atoms with Crippen LogP contribution in [-0.2, 0) is 0 Å². The van der Waals surface area contributed by atoms with Gasteiger partial charge in [-0.2, -0.15) is 10.2 Å². The molecule has 3 aromatic rings. The van der Waals surface area contributed by atoms with E-state index in [-0.39, 0.29) is 11.1 Å². The molecule has 0 saturated heterocycles. The number of hydrogen-bond donors (Lipinski definition) is 2. The van der Waals surface area contributed by atoms with Crippen molar-refractivity contribution in [2.24, 2.45) is 0 Å². The van der Waals surface area contributed by atoms with Crippen molar-refractivity contribution in [2.45, 2.75) is 20.8 Å². The highest BCUT2D eigenvalue weighted by atomic mass is 35.5. The molecule has 0 unspecified atom stereocenters. The van der Waals surface area contributed by atoms with E-state index < -0.39 is 0 Å². The van der Waals surface area contributed by atoms with Gasteiger partial charge >= 0.3 is 0 Å². The van der Waals surface area contributed by atoms with Crippen molar-refractivity contribution < 1.29 is 4.79 Å². The van der Waals surface area contributed by atoms with Gasteiger partial charge < -0.3 is 5.32 Å². The normalized spacial score (nSPS) is 10.8. The third kappa shape index (κ3) is 2.73. The molecule has 3 rings (SSSR count). The van der Waals surface area contributed by atoms with Gasteiger partial charge in [0, 0.05) is 0 Å². The Labute approximate surface area is 138 Å². The van der Waals surface area contributed by atoms with Crippen molar-refractivity contribution in [1.29, 1.82) is 0 Å². The van der Waals surface area contributed by atoms with Gasteiger partial charge in [-0.25, -0.2) is 4.68 Å². The van der Waals surface area contributed by atoms with Gasteiger partial charge in [-0.3, -0.25) is 9.89 Å². The molecular formula is C16H16ClN5O. The van der Waals surface area contributed by atoms with E-state index in [4.69, 9.17) is 11.6 Å². The second-order valence-corrected chi connectivity index (χ2v) is 5.62. The second-order valence-electron chi connectivity index (χ2n) is 5.26. The van der Waals surface area contributed by atoms with Crippen LogP contribution in [0.3, 0.4) is 0 Å². The van der Waals surface area contributed by atoms with Gasteiger partial charge in [0.2, 0.25) is 0 Å². The average Bonchev–Trinajstić information content (AvgIpc) is 3.01. The third-order valence-corrected chi connectivity index (χ3v) is 3.95. The molecule has 7 heteroatoms. The van der Waals surface area contributed by atoms with Crippen molar-refractivity contribution in [3.05, 3.63) is 58.1 Å². The highest BCUT2D eigenvalue weighted by Crippen LogP contribution is 2.25. The van der Waals surface area contributed by atoms with Crippen LogP contribution in [0.5, 0.6) is 0 Å². The van der Waals surface area contributed by atoms with E-state index in [0.717, 1.165) is 17.1 Å². The van der Waals surface area contributed by atoms with Gasteiger partial charge in [0.05, 0.1) is 28.5 Å². The fourth-order valence-corrected chi connectivity index (χ4v) is 2.77. The van der Waals surface area contributed by atoms with E-state index in [0.29, 0.717) is 16.9 Å². The maximum atomic E-state index is 12.6. The Morgan fingerprint density at radius 1 is 1.17 bits per heavy atom. The second kappa shape index (κ2) is 5.89. The molecule has 0 spiro atoms. The lowest BCUT2D eigenvalue weighted by Crippen LogP contribution is -2.14. The molecule has 2 aromatic heterocycles. The number of para-hydroxylation sites is 1. The lowest BCUT2D eigenvalue weighted by atomic mass is 10.2. The van der Waals surface area contributed by atoms with Crippen LogP contribution in [0.1, 0.15) is 27.4 Å². The summed E-state index contributed by atoms with van der Waals surface area (Å²) in [6.45, 7) is 5.42. The molecular weight excluding hydrogens is 314 g/mol. The highest BCUT2D eigenvalue weighted by molar-refractivity contribution is 6.34. The minimum absolute atomic E-state index is 0.282. The zero-order chi connectivity index (χ0) is 16.6. The number of carbonyl (C=O) groups excluding carboxylic acids is 1. The molecule has 2 N–H and O–H groups in total. The predicted molar refractivity (Wildman–Crippen MR) is 89.3 cm³/mol. The quantitative estimate of drug-likeness (QED) is 0.773. The molecule has 0 bridgehead atoms. The number of halogens is 1. The van der Waals surface area contributed by atoms with Crippen LogP contribution in [0.4, 0.5) is 5.69 Å². The fourth-order valence-electron chi connectivity index (χ4n) is 2.41. The molecule has 0 aliphatic heterocycles. The first-order valence-electron chi connectivity index (χ1n) is 7.12. The summed E-state index contributed by atoms with van der Waals surface area (Å²) in [6.07, 6.45) is 0. The molecule has 0 atom stereocenters. The lowest BCUT2D eigenvalue weighted by Gasteiger charge is -2.06. The smallest absolute Gasteiger partial charge is 0.260 e. The predicted octanol–water partition coefficient (Wildman–Crippen LogP) is 3.43. The number of hydrogen-bond acceptors (Lipinski definition) is 3. The summed E-state index contributed by atoms with van der Waals surface area (Å²) in [7, 11) is 0. The Kier molecular flexibility index (Phi) is 3.92. The van der Waals surface area contributed by atoms with E-state index >= 15 is 0 Å². The summed E-state index contributed by atoms with van der Waals surface area (Å²) in [5.74, 6) is -0.303. The maximum Gasteiger partial charge on any atom is 0.260 e. The Hall–Kier alpha value is -2.60. The zero-order valence-electron chi connectivity index (χ0n) is 13.0. The average molecular weight is 330 g/mol. The van der Waals surface area contributed by atoms with E-state index in [1.807, 2.05) is 44.2 Å².